The number of hydrogen-bond donors (Lipinski definition) is 1. The van der Waals surface area contributed by atoms with Crippen LogP contribution in [0.1, 0.15) is 19.4 Å². The minimum atomic E-state index is 0.802. The van der Waals surface area contributed by atoms with E-state index in [1.165, 1.54) is 16.0 Å². The molecule has 0 spiro atoms. The Kier molecular flexibility index (Phi) is 4.86. The second-order valence-corrected chi connectivity index (χ2v) is 4.48. The summed E-state index contributed by atoms with van der Waals surface area (Å²) < 4.78 is 0. The van der Waals surface area contributed by atoms with Gasteiger partial charge in [-0.25, -0.2) is 0 Å². The SMILES string of the molecule is C=C(C)C[NH+](CC)Cc1ccc(Cl)cc1. The van der Waals surface area contributed by atoms with Gasteiger partial charge < -0.3 is 4.90 Å². The number of quaternary nitrogens is 1. The number of halogens is 1. The third-order valence-electron chi connectivity index (χ3n) is 2.42. The second-order valence-electron chi connectivity index (χ2n) is 4.04. The molecule has 1 atom stereocenters. The van der Waals surface area contributed by atoms with Crippen molar-refractivity contribution in [1.82, 2.24) is 0 Å². The van der Waals surface area contributed by atoms with E-state index in [-0.39, 0.29) is 0 Å². The highest BCUT2D eigenvalue weighted by molar-refractivity contribution is 6.30. The molecule has 1 rings (SSSR count). The van der Waals surface area contributed by atoms with E-state index in [0.29, 0.717) is 0 Å². The fourth-order valence-electron chi connectivity index (χ4n) is 1.63. The van der Waals surface area contributed by atoms with Crippen LogP contribution in [-0.2, 0) is 6.54 Å². The van der Waals surface area contributed by atoms with Gasteiger partial charge in [-0.2, -0.15) is 0 Å². The number of likely N-dealkylation sites (N-methyl/N-ethyl adjacent to an activating group) is 1. The van der Waals surface area contributed by atoms with Crippen molar-refractivity contribution in [2.75, 3.05) is 13.1 Å². The van der Waals surface area contributed by atoms with Gasteiger partial charge >= 0.3 is 0 Å². The highest BCUT2D eigenvalue weighted by Gasteiger charge is 2.06. The van der Waals surface area contributed by atoms with E-state index < -0.39 is 0 Å². The van der Waals surface area contributed by atoms with Crippen molar-refractivity contribution >= 4 is 11.6 Å². The van der Waals surface area contributed by atoms with Crippen molar-refractivity contribution in [3.8, 4) is 0 Å². The Labute approximate surface area is 97.4 Å². The van der Waals surface area contributed by atoms with E-state index >= 15 is 0 Å². The number of nitrogens with one attached hydrogen (secondary N) is 1. The predicted molar refractivity (Wildman–Crippen MR) is 66.3 cm³/mol. The largest absolute Gasteiger partial charge is 0.328 e. The molecule has 1 aromatic rings. The molecule has 1 unspecified atom stereocenters. The van der Waals surface area contributed by atoms with Crippen LogP contribution in [0.25, 0.3) is 0 Å². The molecule has 15 heavy (non-hydrogen) atoms. The molecule has 1 N–H and O–H groups in total. The Morgan fingerprint density at radius 1 is 1.33 bits per heavy atom. The monoisotopic (exact) mass is 224 g/mol. The molecule has 0 fully saturated rings. The van der Waals surface area contributed by atoms with Crippen LogP contribution in [0.4, 0.5) is 0 Å². The highest BCUT2D eigenvalue weighted by Crippen LogP contribution is 2.08. The zero-order valence-corrected chi connectivity index (χ0v) is 10.3. The first-order valence-electron chi connectivity index (χ1n) is 5.34. The van der Waals surface area contributed by atoms with Crippen LogP contribution < -0.4 is 4.90 Å². The molecule has 0 radical (unpaired) electrons. The first-order valence-corrected chi connectivity index (χ1v) is 5.72. The molecule has 0 saturated carbocycles. The maximum absolute atomic E-state index is 5.85. The summed E-state index contributed by atoms with van der Waals surface area (Å²) in [7, 11) is 0. The van der Waals surface area contributed by atoms with Crippen LogP contribution >= 0.6 is 11.6 Å². The predicted octanol–water partition coefficient (Wildman–Crippen LogP) is 2.32. The van der Waals surface area contributed by atoms with Crippen molar-refractivity contribution < 1.29 is 4.90 Å². The molecule has 0 aliphatic rings. The Morgan fingerprint density at radius 2 is 1.93 bits per heavy atom. The summed E-state index contributed by atoms with van der Waals surface area (Å²) in [6, 6.07) is 8.09. The zero-order valence-electron chi connectivity index (χ0n) is 9.52. The lowest BCUT2D eigenvalue weighted by molar-refractivity contribution is -0.907. The van der Waals surface area contributed by atoms with Gasteiger partial charge in [-0.05, 0) is 31.6 Å². The zero-order chi connectivity index (χ0) is 11.3. The van der Waals surface area contributed by atoms with Gasteiger partial charge in [0.15, 0.2) is 0 Å². The molecule has 2 heteroatoms. The van der Waals surface area contributed by atoms with Gasteiger partial charge in [0.2, 0.25) is 0 Å². The molecule has 0 bridgehead atoms. The van der Waals surface area contributed by atoms with Gasteiger partial charge in [0, 0.05) is 10.6 Å². The molecule has 1 nitrogen and oxygen atoms in total. The Bertz CT molecular complexity index is 316. The topological polar surface area (TPSA) is 4.44 Å². The van der Waals surface area contributed by atoms with Gasteiger partial charge in [-0.1, -0.05) is 30.3 Å². The van der Waals surface area contributed by atoms with Gasteiger partial charge in [0.25, 0.3) is 0 Å². The van der Waals surface area contributed by atoms with Crippen LogP contribution in [0.3, 0.4) is 0 Å². The third-order valence-corrected chi connectivity index (χ3v) is 2.67. The summed E-state index contributed by atoms with van der Waals surface area (Å²) >= 11 is 5.85. The van der Waals surface area contributed by atoms with Crippen molar-refractivity contribution in [1.29, 1.82) is 0 Å². The van der Waals surface area contributed by atoms with Gasteiger partial charge in [0.1, 0.15) is 6.54 Å². The van der Waals surface area contributed by atoms with Gasteiger partial charge in [-0.3, -0.25) is 0 Å². The molecule has 0 aliphatic heterocycles. The lowest BCUT2D eigenvalue weighted by atomic mass is 10.2. The first kappa shape index (κ1) is 12.3. The third kappa shape index (κ3) is 4.50. The molecule has 0 aromatic heterocycles. The maximum Gasteiger partial charge on any atom is 0.103 e. The summed E-state index contributed by atoms with van der Waals surface area (Å²) in [4.78, 5) is 1.53. The molecular weight excluding hydrogens is 206 g/mol. The molecule has 82 valence electrons. The molecule has 0 amide bonds. The first-order chi connectivity index (χ1) is 7.11. The quantitative estimate of drug-likeness (QED) is 0.733. The van der Waals surface area contributed by atoms with E-state index in [1.807, 2.05) is 12.1 Å². The fraction of sp³-hybridized carbons (Fsp3) is 0.385. The van der Waals surface area contributed by atoms with E-state index in [1.54, 1.807) is 0 Å². The minimum absolute atomic E-state index is 0.802. The van der Waals surface area contributed by atoms with Crippen molar-refractivity contribution in [3.05, 3.63) is 47.0 Å². The molecule has 0 aliphatic carbocycles. The Hall–Kier alpha value is -0.790. The summed E-state index contributed by atoms with van der Waals surface area (Å²) in [5.41, 5.74) is 2.57. The maximum atomic E-state index is 5.85. The van der Waals surface area contributed by atoms with Crippen molar-refractivity contribution in [2.45, 2.75) is 20.4 Å². The Morgan fingerprint density at radius 3 is 2.40 bits per heavy atom. The van der Waals surface area contributed by atoms with Gasteiger partial charge in [-0.15, -0.1) is 0 Å². The fourth-order valence-corrected chi connectivity index (χ4v) is 1.76. The molecule has 1 aromatic carbocycles. The minimum Gasteiger partial charge on any atom is -0.328 e. The smallest absolute Gasteiger partial charge is 0.103 e. The normalized spacial score (nSPS) is 12.5. The average Bonchev–Trinajstić information content (AvgIpc) is 2.19. The average molecular weight is 225 g/mol. The summed E-state index contributed by atoms with van der Waals surface area (Å²) in [6.07, 6.45) is 0. The molecular formula is C13H19ClN+. The van der Waals surface area contributed by atoms with Crippen LogP contribution in [0.2, 0.25) is 5.02 Å². The van der Waals surface area contributed by atoms with Crippen LogP contribution in [0.15, 0.2) is 36.4 Å². The van der Waals surface area contributed by atoms with E-state index in [0.717, 1.165) is 24.7 Å². The number of rotatable bonds is 5. The highest BCUT2D eigenvalue weighted by atomic mass is 35.5. The molecule has 0 heterocycles. The Balaban J connectivity index is 2.58. The summed E-state index contributed by atoms with van der Waals surface area (Å²) in [5.74, 6) is 0. The summed E-state index contributed by atoms with van der Waals surface area (Å²) in [5, 5.41) is 0.802. The van der Waals surface area contributed by atoms with Gasteiger partial charge in [0.05, 0.1) is 13.1 Å². The lowest BCUT2D eigenvalue weighted by Gasteiger charge is -2.17. The van der Waals surface area contributed by atoms with E-state index in [4.69, 9.17) is 11.6 Å². The number of benzene rings is 1. The lowest BCUT2D eigenvalue weighted by Crippen LogP contribution is -3.10. The standard InChI is InChI=1S/C13H18ClN/c1-4-15(9-11(2)3)10-12-5-7-13(14)8-6-12/h5-8H,2,4,9-10H2,1,3H3/p+1. The number of hydrogen-bond acceptors (Lipinski definition) is 0. The van der Waals surface area contributed by atoms with Crippen molar-refractivity contribution in [3.63, 3.8) is 0 Å². The summed E-state index contributed by atoms with van der Waals surface area (Å²) in [6.45, 7) is 11.4. The second kappa shape index (κ2) is 5.94. The van der Waals surface area contributed by atoms with E-state index in [2.05, 4.69) is 32.6 Å². The van der Waals surface area contributed by atoms with Crippen molar-refractivity contribution in [2.24, 2.45) is 0 Å². The van der Waals surface area contributed by atoms with Crippen LogP contribution in [0.5, 0.6) is 0 Å². The van der Waals surface area contributed by atoms with E-state index in [9.17, 15) is 0 Å². The van der Waals surface area contributed by atoms with Crippen LogP contribution in [-0.4, -0.2) is 13.1 Å². The van der Waals surface area contributed by atoms with Crippen LogP contribution in [0, 0.1) is 0 Å². The molecule has 0 saturated heterocycles.